The maximum Gasteiger partial charge on any atom is 0.251 e. The van der Waals surface area contributed by atoms with Crippen LogP contribution in [0.1, 0.15) is 46.1 Å². The van der Waals surface area contributed by atoms with E-state index in [9.17, 15) is 4.79 Å². The third kappa shape index (κ3) is 3.06. The average molecular weight is 374 g/mol. The molecule has 28 heavy (non-hydrogen) atoms. The molecule has 0 radical (unpaired) electrons. The first-order valence-corrected chi connectivity index (χ1v) is 9.70. The molecule has 1 aliphatic carbocycles. The van der Waals surface area contributed by atoms with E-state index in [1.165, 1.54) is 12.8 Å². The van der Waals surface area contributed by atoms with Crippen LogP contribution in [0.25, 0.3) is 10.9 Å². The van der Waals surface area contributed by atoms with Crippen LogP contribution in [0.2, 0.25) is 0 Å². The molecule has 7 heteroatoms. The van der Waals surface area contributed by atoms with Gasteiger partial charge in [-0.25, -0.2) is 4.98 Å². The summed E-state index contributed by atoms with van der Waals surface area (Å²) in [5, 5.41) is 12.4. The predicted octanol–water partition coefficient (Wildman–Crippen LogP) is 2.53. The molecule has 1 saturated carbocycles. The molecule has 2 aliphatic rings. The SMILES string of the molecule is Cc1nnc2ccc(C(=O)NC3CN(c4cnc(C5CC5)cn4)C3)cc2c1C. The van der Waals surface area contributed by atoms with Crippen LogP contribution in [0, 0.1) is 13.8 Å². The normalized spacial score (nSPS) is 16.9. The molecule has 0 unspecified atom stereocenters. The van der Waals surface area contributed by atoms with Crippen molar-refractivity contribution in [3.8, 4) is 0 Å². The summed E-state index contributed by atoms with van der Waals surface area (Å²) in [7, 11) is 0. The number of benzene rings is 1. The molecule has 5 rings (SSSR count). The topological polar surface area (TPSA) is 83.9 Å². The number of fused-ring (bicyclic) bond motifs is 1. The van der Waals surface area contributed by atoms with Crippen LogP contribution >= 0.6 is 0 Å². The van der Waals surface area contributed by atoms with Gasteiger partial charge in [-0.15, -0.1) is 0 Å². The van der Waals surface area contributed by atoms with Gasteiger partial charge < -0.3 is 10.2 Å². The Morgan fingerprint density at radius 3 is 2.64 bits per heavy atom. The Labute approximate surface area is 163 Å². The van der Waals surface area contributed by atoms with Gasteiger partial charge in [0.25, 0.3) is 5.91 Å². The molecule has 2 fully saturated rings. The lowest BCUT2D eigenvalue weighted by Crippen LogP contribution is -2.59. The van der Waals surface area contributed by atoms with E-state index in [4.69, 9.17) is 0 Å². The minimum atomic E-state index is -0.0596. The van der Waals surface area contributed by atoms with Crippen LogP contribution in [0.3, 0.4) is 0 Å². The number of amides is 1. The number of anilines is 1. The van der Waals surface area contributed by atoms with Crippen molar-refractivity contribution in [1.29, 1.82) is 0 Å². The lowest BCUT2D eigenvalue weighted by molar-refractivity contribution is 0.0930. The molecule has 3 aromatic rings. The van der Waals surface area contributed by atoms with Gasteiger partial charge in [-0.3, -0.25) is 9.78 Å². The lowest BCUT2D eigenvalue weighted by atomic mass is 10.0. The summed E-state index contributed by atoms with van der Waals surface area (Å²) >= 11 is 0. The van der Waals surface area contributed by atoms with Crippen LogP contribution in [0.4, 0.5) is 5.82 Å². The maximum absolute atomic E-state index is 12.7. The molecule has 1 aromatic carbocycles. The molecule has 1 saturated heterocycles. The average Bonchev–Trinajstić information content (AvgIpc) is 3.52. The third-order valence-electron chi connectivity index (χ3n) is 5.71. The number of hydrogen-bond acceptors (Lipinski definition) is 6. The summed E-state index contributed by atoms with van der Waals surface area (Å²) < 4.78 is 0. The smallest absolute Gasteiger partial charge is 0.251 e. The third-order valence-corrected chi connectivity index (χ3v) is 5.71. The summed E-state index contributed by atoms with van der Waals surface area (Å²) in [6.45, 7) is 5.44. The summed E-state index contributed by atoms with van der Waals surface area (Å²) in [6, 6.07) is 5.68. The van der Waals surface area contributed by atoms with Gasteiger partial charge in [0, 0.05) is 30.0 Å². The summed E-state index contributed by atoms with van der Waals surface area (Å²) in [5.74, 6) is 1.44. The minimum Gasteiger partial charge on any atom is -0.351 e. The Hall–Kier alpha value is -3.09. The number of nitrogens with one attached hydrogen (secondary N) is 1. The Morgan fingerprint density at radius 1 is 1.11 bits per heavy atom. The fourth-order valence-electron chi connectivity index (χ4n) is 3.57. The summed E-state index contributed by atoms with van der Waals surface area (Å²) in [6.07, 6.45) is 6.20. The van der Waals surface area contributed by atoms with Crippen LogP contribution in [-0.4, -0.2) is 45.2 Å². The number of nitrogens with zero attached hydrogens (tertiary/aromatic N) is 5. The number of rotatable bonds is 4. The maximum atomic E-state index is 12.7. The molecule has 142 valence electrons. The van der Waals surface area contributed by atoms with E-state index in [-0.39, 0.29) is 11.9 Å². The van der Waals surface area contributed by atoms with Crippen LogP contribution in [0.5, 0.6) is 0 Å². The van der Waals surface area contributed by atoms with Crippen LogP contribution in [-0.2, 0) is 0 Å². The largest absolute Gasteiger partial charge is 0.351 e. The first-order valence-electron chi connectivity index (χ1n) is 9.70. The molecule has 0 bridgehead atoms. The standard InChI is InChI=1S/C21H22N6O/c1-12-13(2)25-26-18-6-5-15(7-17(12)18)21(28)24-16-10-27(11-16)20-9-22-19(8-23-20)14-3-4-14/h5-9,14,16H,3-4,10-11H2,1-2H3,(H,24,28). The molecular weight excluding hydrogens is 352 g/mol. The van der Waals surface area contributed by atoms with Gasteiger partial charge in [-0.1, -0.05) is 0 Å². The molecule has 0 atom stereocenters. The molecule has 1 amide bonds. The Bertz CT molecular complexity index is 1050. The van der Waals surface area contributed by atoms with Gasteiger partial charge >= 0.3 is 0 Å². The lowest BCUT2D eigenvalue weighted by Gasteiger charge is -2.40. The first kappa shape index (κ1) is 17.0. The van der Waals surface area contributed by atoms with Gasteiger partial charge in [0.05, 0.1) is 35.3 Å². The fourth-order valence-corrected chi connectivity index (χ4v) is 3.57. The van der Waals surface area contributed by atoms with E-state index in [0.717, 1.165) is 46.8 Å². The van der Waals surface area contributed by atoms with Crippen LogP contribution < -0.4 is 10.2 Å². The Balaban J connectivity index is 1.23. The fraction of sp³-hybridized carbons (Fsp3) is 0.381. The van der Waals surface area contributed by atoms with Gasteiger partial charge in [-0.05, 0) is 50.5 Å². The molecule has 1 N–H and O–H groups in total. The summed E-state index contributed by atoms with van der Waals surface area (Å²) in [5.41, 5.74) is 4.49. The minimum absolute atomic E-state index is 0.0596. The zero-order chi connectivity index (χ0) is 19.3. The van der Waals surface area contributed by atoms with Crippen molar-refractivity contribution in [2.24, 2.45) is 0 Å². The number of aromatic nitrogens is 4. The molecule has 1 aliphatic heterocycles. The molecule has 7 nitrogen and oxygen atoms in total. The number of carbonyl (C=O) groups is 1. The first-order chi connectivity index (χ1) is 13.6. The highest BCUT2D eigenvalue weighted by atomic mass is 16.1. The summed E-state index contributed by atoms with van der Waals surface area (Å²) in [4.78, 5) is 23.8. The number of aryl methyl sites for hydroxylation is 2. The highest BCUT2D eigenvalue weighted by Crippen LogP contribution is 2.38. The van der Waals surface area contributed by atoms with E-state index in [0.29, 0.717) is 11.5 Å². The van der Waals surface area contributed by atoms with Crippen molar-refractivity contribution in [2.45, 2.75) is 38.6 Å². The highest BCUT2D eigenvalue weighted by molar-refractivity contribution is 5.98. The van der Waals surface area contributed by atoms with Gasteiger partial charge in [-0.2, -0.15) is 10.2 Å². The van der Waals surface area contributed by atoms with E-state index in [2.05, 4.69) is 30.4 Å². The molecule has 2 aromatic heterocycles. The zero-order valence-electron chi connectivity index (χ0n) is 16.0. The number of carbonyl (C=O) groups excluding carboxylic acids is 1. The molecule has 3 heterocycles. The van der Waals surface area contributed by atoms with Gasteiger partial charge in [0.1, 0.15) is 5.82 Å². The van der Waals surface area contributed by atoms with Crippen molar-refractivity contribution in [3.63, 3.8) is 0 Å². The van der Waals surface area contributed by atoms with Crippen molar-refractivity contribution < 1.29 is 4.79 Å². The van der Waals surface area contributed by atoms with Crippen LogP contribution in [0.15, 0.2) is 30.6 Å². The van der Waals surface area contributed by atoms with E-state index >= 15 is 0 Å². The van der Waals surface area contributed by atoms with E-state index in [1.54, 1.807) is 6.07 Å². The van der Waals surface area contributed by atoms with Crippen molar-refractivity contribution in [1.82, 2.24) is 25.5 Å². The Kier molecular flexibility index (Phi) is 3.96. The highest BCUT2D eigenvalue weighted by Gasteiger charge is 2.30. The zero-order valence-corrected chi connectivity index (χ0v) is 16.0. The van der Waals surface area contributed by atoms with Crippen molar-refractivity contribution >= 4 is 22.6 Å². The monoisotopic (exact) mass is 374 g/mol. The van der Waals surface area contributed by atoms with Gasteiger partial charge in [0.2, 0.25) is 0 Å². The predicted molar refractivity (Wildman–Crippen MR) is 106 cm³/mol. The molecule has 0 spiro atoms. The Morgan fingerprint density at radius 2 is 1.93 bits per heavy atom. The second-order valence-corrected chi connectivity index (χ2v) is 7.79. The van der Waals surface area contributed by atoms with Gasteiger partial charge in [0.15, 0.2) is 0 Å². The number of hydrogen-bond donors (Lipinski definition) is 1. The van der Waals surface area contributed by atoms with Crippen molar-refractivity contribution in [2.75, 3.05) is 18.0 Å². The van der Waals surface area contributed by atoms with Crippen molar-refractivity contribution in [3.05, 3.63) is 53.1 Å². The second kappa shape index (κ2) is 6.51. The molecular formula is C21H22N6O. The second-order valence-electron chi connectivity index (χ2n) is 7.79. The van der Waals surface area contributed by atoms with E-state index < -0.39 is 0 Å². The quantitative estimate of drug-likeness (QED) is 0.755. The van der Waals surface area contributed by atoms with E-state index in [1.807, 2.05) is 38.4 Å².